The number of hydrogen-bond donors (Lipinski definition) is 0. The molecule has 0 radical (unpaired) electrons. The first-order chi connectivity index (χ1) is 3.00. The first-order valence-electron chi connectivity index (χ1n) is 1.93. The zero-order valence-corrected chi connectivity index (χ0v) is 6.01. The maximum absolute atomic E-state index is 4.80. The monoisotopic (exact) mass is 277 g/mol. The molecule has 0 unspecified atom stereocenters. The molecule has 1 heterocycles. The quantitative estimate of drug-likeness (QED) is 0.644. The smallest absolute Gasteiger partial charge is 0.106 e. The van der Waals surface area contributed by atoms with Crippen LogP contribution in [0, 0.1) is 0 Å². The molecule has 0 spiro atoms. The second-order valence-corrected chi connectivity index (χ2v) is 1.09. The van der Waals surface area contributed by atoms with Gasteiger partial charge < -0.3 is 4.74 Å². The molecule has 0 N–H and O–H groups in total. The van der Waals surface area contributed by atoms with Crippen LogP contribution in [-0.2, 0) is 25.8 Å². The van der Waals surface area contributed by atoms with E-state index in [1.165, 1.54) is 0 Å². The third-order valence-electron chi connectivity index (χ3n) is 0.614. The second kappa shape index (κ2) is 4.14. The van der Waals surface area contributed by atoms with Gasteiger partial charge in [0.2, 0.25) is 0 Å². The minimum atomic E-state index is 0. The molecule has 0 aliphatic carbocycles. The average Bonchev–Trinajstić information content (AvgIpc) is 1.72. The maximum atomic E-state index is 4.80. The molecule has 0 fully saturated rings. The summed E-state index contributed by atoms with van der Waals surface area (Å²) in [5.74, 6) is 0. The Morgan fingerprint density at radius 3 is 2.29 bits per heavy atom. The van der Waals surface area contributed by atoms with Gasteiger partial charge in [-0.05, 0) is 12.2 Å². The fraction of sp³-hybridized carbons (Fsp3) is 0.200. The van der Waals surface area contributed by atoms with Crippen LogP contribution in [0.2, 0.25) is 0 Å². The number of rotatable bonds is 0. The molecule has 0 aromatic carbocycles. The van der Waals surface area contributed by atoms with Crippen molar-refractivity contribution in [3.63, 3.8) is 0 Å². The summed E-state index contributed by atoms with van der Waals surface area (Å²) >= 11 is 0. The van der Waals surface area contributed by atoms with Crippen molar-refractivity contribution in [1.29, 1.82) is 0 Å². The van der Waals surface area contributed by atoms with E-state index in [1.54, 1.807) is 6.26 Å². The standard InChI is InChI=1S/C5H6O.Pt/c1-2-4-6-5-3-1;/h1-4H,5H2;. The fourth-order valence-electron chi connectivity index (χ4n) is 0.346. The van der Waals surface area contributed by atoms with E-state index >= 15 is 0 Å². The molecule has 1 aliphatic heterocycles. The van der Waals surface area contributed by atoms with E-state index in [4.69, 9.17) is 4.74 Å². The van der Waals surface area contributed by atoms with E-state index in [0.29, 0.717) is 0 Å². The number of hydrogen-bond acceptors (Lipinski definition) is 1. The molecular weight excluding hydrogens is 271 g/mol. The van der Waals surface area contributed by atoms with Gasteiger partial charge in [0.25, 0.3) is 0 Å². The summed E-state index contributed by atoms with van der Waals surface area (Å²) in [6, 6.07) is 0. The summed E-state index contributed by atoms with van der Waals surface area (Å²) < 4.78 is 4.80. The van der Waals surface area contributed by atoms with Gasteiger partial charge in [-0.25, -0.2) is 0 Å². The third kappa shape index (κ3) is 2.64. The fourth-order valence-corrected chi connectivity index (χ4v) is 0.346. The summed E-state index contributed by atoms with van der Waals surface area (Å²) in [4.78, 5) is 0. The van der Waals surface area contributed by atoms with Crippen molar-refractivity contribution in [3.05, 3.63) is 24.5 Å². The third-order valence-corrected chi connectivity index (χ3v) is 0.614. The van der Waals surface area contributed by atoms with Gasteiger partial charge in [0.15, 0.2) is 0 Å². The number of ether oxygens (including phenoxy) is 1. The molecule has 0 bridgehead atoms. The molecule has 0 aromatic heterocycles. The van der Waals surface area contributed by atoms with Gasteiger partial charge in [-0.3, -0.25) is 0 Å². The Balaban J connectivity index is 0.000000360. The Kier molecular flexibility index (Phi) is 4.12. The second-order valence-electron chi connectivity index (χ2n) is 1.09. The van der Waals surface area contributed by atoms with E-state index < -0.39 is 0 Å². The zero-order chi connectivity index (χ0) is 4.24. The van der Waals surface area contributed by atoms with Crippen LogP contribution in [0.15, 0.2) is 24.5 Å². The first kappa shape index (κ1) is 6.97. The van der Waals surface area contributed by atoms with Gasteiger partial charge in [0.05, 0.1) is 6.26 Å². The predicted octanol–water partition coefficient (Wildman–Crippen LogP) is 1.08. The Labute approximate surface area is 57.3 Å². The molecule has 0 atom stereocenters. The summed E-state index contributed by atoms with van der Waals surface area (Å²) in [5.41, 5.74) is 0. The van der Waals surface area contributed by atoms with E-state index in [0.717, 1.165) is 6.61 Å². The minimum absolute atomic E-state index is 0. The van der Waals surface area contributed by atoms with Crippen LogP contribution >= 0.6 is 0 Å². The van der Waals surface area contributed by atoms with Crippen LogP contribution in [0.5, 0.6) is 0 Å². The molecule has 42 valence electrons. The zero-order valence-electron chi connectivity index (χ0n) is 3.74. The van der Waals surface area contributed by atoms with Crippen molar-refractivity contribution in [2.75, 3.05) is 6.61 Å². The van der Waals surface area contributed by atoms with Crippen LogP contribution in [0.3, 0.4) is 0 Å². The van der Waals surface area contributed by atoms with Crippen molar-refractivity contribution in [3.8, 4) is 0 Å². The van der Waals surface area contributed by atoms with Crippen molar-refractivity contribution < 1.29 is 25.8 Å². The summed E-state index contributed by atoms with van der Waals surface area (Å²) in [6.07, 6.45) is 7.47. The molecule has 2 heteroatoms. The van der Waals surface area contributed by atoms with E-state index in [-0.39, 0.29) is 21.1 Å². The maximum Gasteiger partial charge on any atom is 0.106 e. The normalized spacial score (nSPS) is 14.9. The minimum Gasteiger partial charge on any atom is -0.497 e. The summed E-state index contributed by atoms with van der Waals surface area (Å²) in [7, 11) is 0. The Bertz CT molecular complexity index is 74.1. The predicted molar refractivity (Wildman–Crippen MR) is 24.2 cm³/mol. The topological polar surface area (TPSA) is 9.23 Å². The van der Waals surface area contributed by atoms with E-state index in [1.807, 2.05) is 18.2 Å². The molecule has 7 heavy (non-hydrogen) atoms. The van der Waals surface area contributed by atoms with E-state index in [9.17, 15) is 0 Å². The van der Waals surface area contributed by atoms with Crippen LogP contribution in [0.25, 0.3) is 0 Å². The molecule has 1 rings (SSSR count). The summed E-state index contributed by atoms with van der Waals surface area (Å²) in [6.45, 7) is 0.733. The van der Waals surface area contributed by atoms with Gasteiger partial charge in [-0.1, -0.05) is 6.08 Å². The molecule has 1 nitrogen and oxygen atoms in total. The Hall–Kier alpha value is -0.0317. The van der Waals surface area contributed by atoms with Crippen LogP contribution < -0.4 is 0 Å². The van der Waals surface area contributed by atoms with Crippen LogP contribution in [0.4, 0.5) is 0 Å². The van der Waals surface area contributed by atoms with Crippen LogP contribution in [-0.4, -0.2) is 6.61 Å². The largest absolute Gasteiger partial charge is 0.497 e. The van der Waals surface area contributed by atoms with Gasteiger partial charge >= 0.3 is 0 Å². The molecule has 0 saturated carbocycles. The average molecular weight is 277 g/mol. The molecule has 0 aromatic rings. The van der Waals surface area contributed by atoms with Gasteiger partial charge in [-0.15, -0.1) is 0 Å². The molecule has 1 aliphatic rings. The van der Waals surface area contributed by atoms with Crippen molar-refractivity contribution >= 4 is 0 Å². The van der Waals surface area contributed by atoms with Gasteiger partial charge in [0, 0.05) is 21.1 Å². The Morgan fingerprint density at radius 2 is 2.14 bits per heavy atom. The Morgan fingerprint density at radius 1 is 1.29 bits per heavy atom. The number of allylic oxidation sites excluding steroid dienone is 2. The van der Waals surface area contributed by atoms with Crippen molar-refractivity contribution in [2.24, 2.45) is 0 Å². The molecule has 0 saturated heterocycles. The van der Waals surface area contributed by atoms with E-state index in [2.05, 4.69) is 0 Å². The molecular formula is C5H6OPt. The van der Waals surface area contributed by atoms with Gasteiger partial charge in [-0.2, -0.15) is 0 Å². The van der Waals surface area contributed by atoms with Crippen LogP contribution in [0.1, 0.15) is 0 Å². The van der Waals surface area contributed by atoms with Crippen molar-refractivity contribution in [1.82, 2.24) is 0 Å². The molecule has 0 amide bonds. The van der Waals surface area contributed by atoms with Crippen molar-refractivity contribution in [2.45, 2.75) is 0 Å². The SMILES string of the molecule is C1=CCOC=C1.[Pt]. The van der Waals surface area contributed by atoms with Gasteiger partial charge in [0.1, 0.15) is 6.61 Å². The first-order valence-corrected chi connectivity index (χ1v) is 1.93. The summed E-state index contributed by atoms with van der Waals surface area (Å²) in [5, 5.41) is 0.